The van der Waals surface area contributed by atoms with E-state index in [0.29, 0.717) is 18.6 Å². The van der Waals surface area contributed by atoms with E-state index in [1.165, 1.54) is 13.0 Å². The molecule has 0 saturated carbocycles. The van der Waals surface area contributed by atoms with Gasteiger partial charge in [-0.3, -0.25) is 4.79 Å². The second-order valence-electron chi connectivity index (χ2n) is 4.42. The average Bonchev–Trinajstić information content (AvgIpc) is 2.70. The lowest BCUT2D eigenvalue weighted by atomic mass is 10.1. The minimum absolute atomic E-state index is 0.175. The summed E-state index contributed by atoms with van der Waals surface area (Å²) in [7, 11) is -3.01. The predicted octanol–water partition coefficient (Wildman–Crippen LogP) is 1.39. The number of rotatable bonds is 3. The fourth-order valence-corrected chi connectivity index (χ4v) is 3.93. The maximum atomic E-state index is 11.8. The van der Waals surface area contributed by atoms with Gasteiger partial charge in [0.25, 0.3) is 0 Å². The van der Waals surface area contributed by atoms with Gasteiger partial charge in [-0.25, -0.2) is 8.42 Å². The van der Waals surface area contributed by atoms with Gasteiger partial charge in [-0.1, -0.05) is 11.6 Å². The third kappa shape index (κ3) is 2.74. The van der Waals surface area contributed by atoms with Crippen LogP contribution in [0.25, 0.3) is 0 Å². The first kappa shape index (κ1) is 12.3. The smallest absolute Gasteiger partial charge is 0.181 e. The van der Waals surface area contributed by atoms with E-state index in [4.69, 9.17) is 4.52 Å². The third-order valence-electron chi connectivity index (χ3n) is 3.06. The lowest BCUT2D eigenvalue weighted by Gasteiger charge is -2.20. The molecule has 0 aromatic carbocycles. The Morgan fingerprint density at radius 2 is 2.29 bits per heavy atom. The van der Waals surface area contributed by atoms with Crippen LogP contribution in [-0.2, 0) is 16.3 Å². The predicted molar refractivity (Wildman–Crippen MR) is 61.6 cm³/mol. The fraction of sp³-hybridized carbons (Fsp3) is 0.636. The van der Waals surface area contributed by atoms with Crippen molar-refractivity contribution in [2.75, 3.05) is 5.75 Å². The number of carbonyl (C=O) groups excluding carboxylic acids is 1. The van der Waals surface area contributed by atoms with E-state index in [2.05, 4.69) is 5.16 Å². The maximum absolute atomic E-state index is 11.8. The van der Waals surface area contributed by atoms with Crippen molar-refractivity contribution in [3.63, 3.8) is 0 Å². The van der Waals surface area contributed by atoms with Crippen LogP contribution in [0.1, 0.15) is 42.4 Å². The van der Waals surface area contributed by atoms with Gasteiger partial charge in [0.1, 0.15) is 11.5 Å². The Kier molecular flexibility index (Phi) is 3.33. The molecule has 1 atom stereocenters. The third-order valence-corrected chi connectivity index (χ3v) is 5.34. The second-order valence-corrected chi connectivity index (χ2v) is 6.82. The molecule has 2 heterocycles. The Bertz CT molecular complexity index is 517. The molecule has 0 spiro atoms. The summed E-state index contributed by atoms with van der Waals surface area (Å²) >= 11 is 0. The minimum Gasteiger partial charge on any atom is -0.361 e. The van der Waals surface area contributed by atoms with Crippen molar-refractivity contribution in [2.45, 2.75) is 37.9 Å². The number of hydrogen-bond acceptors (Lipinski definition) is 5. The van der Waals surface area contributed by atoms with Crippen LogP contribution in [0.15, 0.2) is 10.6 Å². The topological polar surface area (TPSA) is 77.2 Å². The fourth-order valence-electron chi connectivity index (χ4n) is 2.05. The van der Waals surface area contributed by atoms with E-state index in [-0.39, 0.29) is 22.5 Å². The van der Waals surface area contributed by atoms with Crippen molar-refractivity contribution < 1.29 is 17.7 Å². The number of ketones is 1. The molecule has 1 aromatic heterocycles. The van der Waals surface area contributed by atoms with Gasteiger partial charge >= 0.3 is 0 Å². The lowest BCUT2D eigenvalue weighted by Crippen LogP contribution is -2.30. The van der Waals surface area contributed by atoms with Gasteiger partial charge in [-0.2, -0.15) is 0 Å². The highest BCUT2D eigenvalue weighted by molar-refractivity contribution is 7.92. The van der Waals surface area contributed by atoms with E-state index >= 15 is 0 Å². The highest BCUT2D eigenvalue weighted by atomic mass is 32.2. The van der Waals surface area contributed by atoms with Gasteiger partial charge in [0.2, 0.25) is 0 Å². The van der Waals surface area contributed by atoms with E-state index in [0.717, 1.165) is 12.8 Å². The molecule has 1 saturated heterocycles. The standard InChI is InChI=1S/C11H15NO4S/c1-8(13)11-7-9(16-12-11)6-10-4-2-3-5-17(10,14)15/h7,10H,2-6H2,1H3. The van der Waals surface area contributed by atoms with Crippen LogP contribution in [0.3, 0.4) is 0 Å². The van der Waals surface area contributed by atoms with Gasteiger partial charge in [-0.15, -0.1) is 0 Å². The number of carbonyl (C=O) groups is 1. The summed E-state index contributed by atoms with van der Waals surface area (Å²) < 4.78 is 28.6. The molecule has 1 unspecified atom stereocenters. The number of Topliss-reactive ketones (excluding diaryl/α,β-unsaturated/α-hetero) is 1. The van der Waals surface area contributed by atoms with E-state index in [9.17, 15) is 13.2 Å². The molecule has 0 N–H and O–H groups in total. The molecule has 94 valence electrons. The quantitative estimate of drug-likeness (QED) is 0.765. The zero-order valence-electron chi connectivity index (χ0n) is 9.68. The van der Waals surface area contributed by atoms with E-state index < -0.39 is 9.84 Å². The molecular weight excluding hydrogens is 242 g/mol. The van der Waals surface area contributed by atoms with E-state index in [1.54, 1.807) is 0 Å². The molecular formula is C11H15NO4S. The number of sulfone groups is 1. The van der Waals surface area contributed by atoms with Crippen molar-refractivity contribution in [2.24, 2.45) is 0 Å². The molecule has 17 heavy (non-hydrogen) atoms. The average molecular weight is 257 g/mol. The summed E-state index contributed by atoms with van der Waals surface area (Å²) in [5, 5.41) is 3.22. The first-order valence-electron chi connectivity index (χ1n) is 5.67. The van der Waals surface area contributed by atoms with Crippen LogP contribution in [0.2, 0.25) is 0 Å². The van der Waals surface area contributed by atoms with Gasteiger partial charge in [0.15, 0.2) is 15.6 Å². The van der Waals surface area contributed by atoms with Crippen LogP contribution < -0.4 is 0 Å². The number of nitrogens with zero attached hydrogens (tertiary/aromatic N) is 1. The Labute approximate surface area is 100 Å². The summed E-state index contributed by atoms with van der Waals surface area (Å²) in [5.74, 6) is 0.558. The van der Waals surface area contributed by atoms with Crippen molar-refractivity contribution >= 4 is 15.6 Å². The lowest BCUT2D eigenvalue weighted by molar-refractivity contribution is 0.100. The summed E-state index contributed by atoms with van der Waals surface area (Å²) in [5.41, 5.74) is 0.258. The van der Waals surface area contributed by atoms with Crippen LogP contribution in [0.4, 0.5) is 0 Å². The SMILES string of the molecule is CC(=O)c1cc(CC2CCCCS2(=O)=O)on1. The molecule has 5 nitrogen and oxygen atoms in total. The van der Waals surface area contributed by atoms with Crippen molar-refractivity contribution in [3.05, 3.63) is 17.5 Å². The zero-order valence-corrected chi connectivity index (χ0v) is 10.5. The maximum Gasteiger partial charge on any atom is 0.181 e. The Hall–Kier alpha value is -1.17. The van der Waals surface area contributed by atoms with E-state index in [1.807, 2.05) is 0 Å². The van der Waals surface area contributed by atoms with Gasteiger partial charge in [0, 0.05) is 19.4 Å². The van der Waals surface area contributed by atoms with Crippen LogP contribution in [-0.4, -0.2) is 30.4 Å². The summed E-state index contributed by atoms with van der Waals surface area (Å²) in [4.78, 5) is 11.0. The molecule has 1 aliphatic rings. The summed E-state index contributed by atoms with van der Waals surface area (Å²) in [6.07, 6.45) is 2.66. The molecule has 0 radical (unpaired) electrons. The van der Waals surface area contributed by atoms with Crippen LogP contribution >= 0.6 is 0 Å². The van der Waals surface area contributed by atoms with Crippen molar-refractivity contribution in [3.8, 4) is 0 Å². The highest BCUT2D eigenvalue weighted by Gasteiger charge is 2.30. The van der Waals surface area contributed by atoms with Crippen LogP contribution in [0.5, 0.6) is 0 Å². The van der Waals surface area contributed by atoms with Crippen molar-refractivity contribution in [1.82, 2.24) is 5.16 Å². The minimum atomic E-state index is -3.01. The van der Waals surface area contributed by atoms with Crippen molar-refractivity contribution in [1.29, 1.82) is 0 Å². The Morgan fingerprint density at radius 1 is 1.53 bits per heavy atom. The molecule has 1 fully saturated rings. The first-order valence-corrected chi connectivity index (χ1v) is 7.38. The second kappa shape index (κ2) is 4.60. The molecule has 1 aliphatic heterocycles. The monoisotopic (exact) mass is 257 g/mol. The first-order chi connectivity index (χ1) is 7.99. The molecule has 0 aliphatic carbocycles. The summed E-state index contributed by atoms with van der Waals surface area (Å²) in [6.45, 7) is 1.40. The number of hydrogen-bond donors (Lipinski definition) is 0. The van der Waals surface area contributed by atoms with Gasteiger partial charge in [0.05, 0.1) is 11.0 Å². The molecule has 0 amide bonds. The molecule has 2 rings (SSSR count). The normalized spacial score (nSPS) is 23.5. The Morgan fingerprint density at radius 3 is 2.88 bits per heavy atom. The van der Waals surface area contributed by atoms with Gasteiger partial charge in [-0.05, 0) is 12.8 Å². The zero-order chi connectivity index (χ0) is 12.5. The molecule has 6 heteroatoms. The van der Waals surface area contributed by atoms with Gasteiger partial charge < -0.3 is 4.52 Å². The Balaban J connectivity index is 2.11. The number of aromatic nitrogens is 1. The molecule has 0 bridgehead atoms. The van der Waals surface area contributed by atoms with Crippen LogP contribution in [0, 0.1) is 0 Å². The highest BCUT2D eigenvalue weighted by Crippen LogP contribution is 2.23. The summed E-state index contributed by atoms with van der Waals surface area (Å²) in [6, 6.07) is 1.53. The molecule has 1 aromatic rings. The largest absolute Gasteiger partial charge is 0.361 e.